The first-order chi connectivity index (χ1) is 18.8. The van der Waals surface area contributed by atoms with E-state index in [0.29, 0.717) is 10.5 Å². The molecule has 0 saturated heterocycles. The van der Waals surface area contributed by atoms with Crippen molar-refractivity contribution in [3.63, 3.8) is 0 Å². The van der Waals surface area contributed by atoms with E-state index in [0.717, 1.165) is 35.5 Å². The number of hydrogen-bond acceptors (Lipinski definition) is 5. The van der Waals surface area contributed by atoms with Crippen molar-refractivity contribution in [1.82, 2.24) is 13.9 Å². The lowest BCUT2D eigenvalue weighted by Crippen LogP contribution is -2.22. The molecule has 0 aliphatic carbocycles. The van der Waals surface area contributed by atoms with Crippen LogP contribution in [0.3, 0.4) is 0 Å². The fourth-order valence-electron chi connectivity index (χ4n) is 4.72. The van der Waals surface area contributed by atoms with Crippen LogP contribution in [0.25, 0.3) is 16.9 Å². The van der Waals surface area contributed by atoms with Crippen molar-refractivity contribution in [1.29, 1.82) is 0 Å². The van der Waals surface area contributed by atoms with Gasteiger partial charge in [-0.05, 0) is 62.1 Å². The van der Waals surface area contributed by atoms with E-state index in [9.17, 15) is 14.9 Å². The van der Waals surface area contributed by atoms with E-state index >= 15 is 0 Å². The maximum absolute atomic E-state index is 13.6. The quantitative estimate of drug-likeness (QED) is 0.170. The van der Waals surface area contributed by atoms with Gasteiger partial charge < -0.3 is 4.57 Å². The van der Waals surface area contributed by atoms with Gasteiger partial charge in [-0.25, -0.2) is 9.67 Å². The summed E-state index contributed by atoms with van der Waals surface area (Å²) in [6, 6.07) is 26.5. The van der Waals surface area contributed by atoms with Gasteiger partial charge in [0, 0.05) is 30.6 Å². The van der Waals surface area contributed by atoms with Gasteiger partial charge in [0.15, 0.2) is 10.5 Å². The first-order valence-electron chi connectivity index (χ1n) is 12.7. The van der Waals surface area contributed by atoms with E-state index in [-0.39, 0.29) is 17.3 Å². The first-order valence-corrected chi connectivity index (χ1v) is 13.6. The molecule has 0 amide bonds. The summed E-state index contributed by atoms with van der Waals surface area (Å²) in [6.45, 7) is 4.04. The normalized spacial score (nSPS) is 12.5. The van der Waals surface area contributed by atoms with E-state index in [1.165, 1.54) is 29.0 Å². The number of rotatable bonds is 8. The molecular formula is C30H29N5O3S. The van der Waals surface area contributed by atoms with Crippen LogP contribution in [0.4, 0.5) is 11.4 Å². The van der Waals surface area contributed by atoms with Crippen molar-refractivity contribution in [3.8, 4) is 16.9 Å². The molecule has 0 radical (unpaired) electrons. The number of aromatic nitrogens is 3. The van der Waals surface area contributed by atoms with Crippen molar-refractivity contribution in [3.05, 3.63) is 127 Å². The van der Waals surface area contributed by atoms with Gasteiger partial charge in [-0.2, -0.15) is 0 Å². The van der Waals surface area contributed by atoms with Crippen LogP contribution in [-0.4, -0.2) is 18.9 Å². The topological polar surface area (TPSA) is 87.4 Å². The maximum atomic E-state index is 13.6. The molecule has 198 valence electrons. The zero-order valence-corrected chi connectivity index (χ0v) is 22.8. The number of aryl methyl sites for hydroxylation is 1. The fourth-order valence-corrected chi connectivity index (χ4v) is 5.72. The third-order valence-corrected chi connectivity index (χ3v) is 7.82. The predicted molar refractivity (Wildman–Crippen MR) is 155 cm³/mol. The second kappa shape index (κ2) is 11.1. The highest BCUT2D eigenvalue weighted by Gasteiger charge is 2.19. The Morgan fingerprint density at radius 1 is 0.974 bits per heavy atom. The van der Waals surface area contributed by atoms with Crippen molar-refractivity contribution >= 4 is 22.7 Å². The van der Waals surface area contributed by atoms with Crippen LogP contribution in [0.5, 0.6) is 0 Å². The predicted octanol–water partition coefficient (Wildman–Crippen LogP) is 6.35. The summed E-state index contributed by atoms with van der Waals surface area (Å²) in [5.74, 6) is 0. The van der Waals surface area contributed by atoms with Crippen LogP contribution in [0.2, 0.25) is 0 Å². The zero-order chi connectivity index (χ0) is 27.5. The Labute approximate surface area is 229 Å². The average Bonchev–Trinajstić information content (AvgIpc) is 3.47. The van der Waals surface area contributed by atoms with Gasteiger partial charge in [0.25, 0.3) is 11.2 Å². The second-order valence-corrected chi connectivity index (χ2v) is 10.3. The molecule has 1 unspecified atom stereocenters. The van der Waals surface area contributed by atoms with Gasteiger partial charge in [-0.3, -0.25) is 19.6 Å². The van der Waals surface area contributed by atoms with Gasteiger partial charge in [0.2, 0.25) is 0 Å². The molecule has 0 saturated carbocycles. The van der Waals surface area contributed by atoms with Gasteiger partial charge in [-0.15, -0.1) is 11.3 Å². The number of nitrogens with zero attached hydrogens (tertiary/aromatic N) is 5. The van der Waals surface area contributed by atoms with E-state index in [1.807, 2.05) is 72.6 Å². The molecule has 0 aliphatic heterocycles. The summed E-state index contributed by atoms with van der Waals surface area (Å²) in [4.78, 5) is 30.0. The molecule has 0 aliphatic rings. The van der Waals surface area contributed by atoms with Crippen molar-refractivity contribution in [2.45, 2.75) is 32.7 Å². The van der Waals surface area contributed by atoms with Crippen molar-refractivity contribution in [2.75, 3.05) is 0 Å². The van der Waals surface area contributed by atoms with Crippen molar-refractivity contribution in [2.24, 2.45) is 12.0 Å². The summed E-state index contributed by atoms with van der Waals surface area (Å²) in [5, 5.41) is 13.2. The summed E-state index contributed by atoms with van der Waals surface area (Å²) in [5.41, 5.74) is 4.80. The lowest BCUT2D eigenvalue weighted by Gasteiger charge is -2.17. The number of thiazole rings is 1. The largest absolute Gasteiger partial charge is 0.314 e. The van der Waals surface area contributed by atoms with E-state index < -0.39 is 4.92 Å². The lowest BCUT2D eigenvalue weighted by molar-refractivity contribution is -0.384. The number of hydrogen-bond donors (Lipinski definition) is 0. The minimum absolute atomic E-state index is 0.0453. The monoisotopic (exact) mass is 539 g/mol. The minimum Gasteiger partial charge on any atom is -0.314 e. The number of para-hydroxylation sites is 1. The lowest BCUT2D eigenvalue weighted by atomic mass is 10.1. The van der Waals surface area contributed by atoms with Gasteiger partial charge in [0.1, 0.15) is 0 Å². The van der Waals surface area contributed by atoms with E-state index in [2.05, 4.69) is 23.6 Å². The molecule has 5 aromatic rings. The Balaban J connectivity index is 1.62. The third-order valence-electron chi connectivity index (χ3n) is 6.98. The Bertz CT molecular complexity index is 1730. The zero-order valence-electron chi connectivity index (χ0n) is 22.0. The molecule has 5 rings (SSSR count). The molecule has 8 nitrogen and oxygen atoms in total. The van der Waals surface area contributed by atoms with Crippen molar-refractivity contribution < 1.29 is 4.92 Å². The SMILES string of the molecule is Cc1c(N=c2scc(-c3ccc([N+](=O)[O-])cc3)n2C(C)CCc2ccccc2)c(=O)n(-c2ccccc2)n1C. The van der Waals surface area contributed by atoms with Crippen LogP contribution in [0.15, 0.2) is 100 Å². The molecule has 39 heavy (non-hydrogen) atoms. The fraction of sp³-hybridized carbons (Fsp3) is 0.200. The second-order valence-electron chi connectivity index (χ2n) is 9.47. The summed E-state index contributed by atoms with van der Waals surface area (Å²) >= 11 is 1.46. The van der Waals surface area contributed by atoms with Crippen LogP contribution >= 0.6 is 11.3 Å². The smallest absolute Gasteiger partial charge is 0.297 e. The molecule has 2 heterocycles. The average molecular weight is 540 g/mol. The Morgan fingerprint density at radius 3 is 2.26 bits per heavy atom. The molecule has 0 spiro atoms. The van der Waals surface area contributed by atoms with Gasteiger partial charge in [0.05, 0.1) is 22.0 Å². The van der Waals surface area contributed by atoms with E-state index in [1.54, 1.807) is 16.8 Å². The highest BCUT2D eigenvalue weighted by molar-refractivity contribution is 7.07. The number of non-ortho nitro benzene ring substituents is 1. The molecule has 3 aromatic carbocycles. The maximum Gasteiger partial charge on any atom is 0.297 e. The third kappa shape index (κ3) is 5.26. The van der Waals surface area contributed by atoms with Crippen LogP contribution < -0.4 is 10.4 Å². The summed E-state index contributed by atoms with van der Waals surface area (Å²) in [6.07, 6.45) is 1.74. The molecule has 0 N–H and O–H groups in total. The van der Waals surface area contributed by atoms with Crippen LogP contribution in [0.1, 0.15) is 30.6 Å². The molecule has 9 heteroatoms. The molecule has 2 aromatic heterocycles. The van der Waals surface area contributed by atoms with E-state index in [4.69, 9.17) is 4.99 Å². The van der Waals surface area contributed by atoms with Gasteiger partial charge >= 0.3 is 0 Å². The summed E-state index contributed by atoms with van der Waals surface area (Å²) in [7, 11) is 1.86. The van der Waals surface area contributed by atoms with Gasteiger partial charge in [-0.1, -0.05) is 48.5 Å². The summed E-state index contributed by atoms with van der Waals surface area (Å²) < 4.78 is 5.60. The highest BCUT2D eigenvalue weighted by atomic mass is 32.1. The first kappa shape index (κ1) is 26.1. The minimum atomic E-state index is -0.398. The standard InChI is InChI=1S/C30H29N5O3S/c1-21(14-15-23-10-6-4-7-11-23)33-27(24-16-18-26(19-17-24)35(37)38)20-39-30(33)31-28-22(2)32(3)34(29(28)36)25-12-8-5-9-13-25/h4-13,16-21H,14-15H2,1-3H3. The van der Waals surface area contributed by atoms with Crippen LogP contribution in [0, 0.1) is 17.0 Å². The highest BCUT2D eigenvalue weighted by Crippen LogP contribution is 2.28. The number of nitro groups is 1. The Hall–Kier alpha value is -4.50. The number of nitro benzene ring substituents is 1. The molecular weight excluding hydrogens is 510 g/mol. The Kier molecular flexibility index (Phi) is 7.42. The Morgan fingerprint density at radius 2 is 1.62 bits per heavy atom. The molecule has 0 fully saturated rings. The molecule has 0 bridgehead atoms. The van der Waals surface area contributed by atoms with Crippen LogP contribution in [-0.2, 0) is 13.5 Å². The molecule has 1 atom stereocenters. The number of benzene rings is 3.